The van der Waals surface area contributed by atoms with Crippen molar-refractivity contribution in [3.05, 3.63) is 0 Å². The second kappa shape index (κ2) is 6.57. The summed E-state index contributed by atoms with van der Waals surface area (Å²) in [6.07, 6.45) is 5.71. The molecule has 0 aromatic rings. The number of amides is 1. The van der Waals surface area contributed by atoms with Crippen molar-refractivity contribution in [1.29, 1.82) is 0 Å². The number of aliphatic carboxylic acids is 1. The molecule has 2 aliphatic rings. The summed E-state index contributed by atoms with van der Waals surface area (Å²) >= 11 is 0. The number of hydrogen-bond donors (Lipinski definition) is 2. The Balaban J connectivity index is 1.97. The fraction of sp³-hybridized carbons (Fsp3) is 0.867. The SMILES string of the molecule is CCCC1(C(=O)O)CCCN(C(=O)CC2CCCN2)C1. The van der Waals surface area contributed by atoms with Gasteiger partial charge in [-0.25, -0.2) is 0 Å². The van der Waals surface area contributed by atoms with Gasteiger partial charge in [0.2, 0.25) is 5.91 Å². The van der Waals surface area contributed by atoms with Crippen molar-refractivity contribution in [3.8, 4) is 0 Å². The largest absolute Gasteiger partial charge is 0.481 e. The molecule has 2 fully saturated rings. The van der Waals surface area contributed by atoms with Gasteiger partial charge in [-0.3, -0.25) is 9.59 Å². The quantitative estimate of drug-likeness (QED) is 0.804. The predicted molar refractivity (Wildman–Crippen MR) is 76.4 cm³/mol. The van der Waals surface area contributed by atoms with Crippen molar-refractivity contribution in [2.45, 2.75) is 57.9 Å². The molecule has 0 spiro atoms. The second-order valence-corrected chi connectivity index (χ2v) is 6.25. The third-order valence-corrected chi connectivity index (χ3v) is 4.70. The molecule has 0 radical (unpaired) electrons. The Kier molecular flexibility index (Phi) is 5.02. The zero-order valence-electron chi connectivity index (χ0n) is 12.4. The maximum absolute atomic E-state index is 12.4. The average molecular weight is 282 g/mol. The number of carboxylic acids is 1. The topological polar surface area (TPSA) is 69.6 Å². The standard InChI is InChI=1S/C15H26N2O3/c1-2-6-15(14(19)20)7-4-9-17(11-15)13(18)10-12-5-3-8-16-12/h12,16H,2-11H2,1H3,(H,19,20). The van der Waals surface area contributed by atoms with Crippen LogP contribution in [0, 0.1) is 5.41 Å². The molecule has 2 N–H and O–H groups in total. The van der Waals surface area contributed by atoms with E-state index in [0.717, 1.165) is 32.2 Å². The van der Waals surface area contributed by atoms with Gasteiger partial charge in [0, 0.05) is 25.6 Å². The van der Waals surface area contributed by atoms with Crippen LogP contribution in [0.4, 0.5) is 0 Å². The molecule has 0 bridgehead atoms. The maximum atomic E-state index is 12.4. The molecule has 2 unspecified atom stereocenters. The van der Waals surface area contributed by atoms with Gasteiger partial charge in [0.1, 0.15) is 0 Å². The van der Waals surface area contributed by atoms with Crippen molar-refractivity contribution < 1.29 is 14.7 Å². The highest BCUT2D eigenvalue weighted by Crippen LogP contribution is 2.35. The number of carbonyl (C=O) groups is 2. The lowest BCUT2D eigenvalue weighted by molar-refractivity contribution is -0.155. The van der Waals surface area contributed by atoms with Gasteiger partial charge in [0.15, 0.2) is 0 Å². The van der Waals surface area contributed by atoms with Crippen LogP contribution in [0.25, 0.3) is 0 Å². The van der Waals surface area contributed by atoms with Crippen LogP contribution in [-0.4, -0.2) is 47.6 Å². The number of likely N-dealkylation sites (tertiary alicyclic amines) is 1. The van der Waals surface area contributed by atoms with Crippen molar-refractivity contribution in [3.63, 3.8) is 0 Å². The van der Waals surface area contributed by atoms with Gasteiger partial charge in [0.05, 0.1) is 5.41 Å². The van der Waals surface area contributed by atoms with E-state index in [2.05, 4.69) is 5.32 Å². The molecular weight excluding hydrogens is 256 g/mol. The summed E-state index contributed by atoms with van der Waals surface area (Å²) in [5.74, 6) is -0.623. The van der Waals surface area contributed by atoms with Crippen molar-refractivity contribution in [1.82, 2.24) is 10.2 Å². The Morgan fingerprint density at radius 1 is 1.40 bits per heavy atom. The summed E-state index contributed by atoms with van der Waals surface area (Å²) in [6, 6.07) is 0.287. The van der Waals surface area contributed by atoms with Gasteiger partial charge in [-0.15, -0.1) is 0 Å². The summed E-state index contributed by atoms with van der Waals surface area (Å²) < 4.78 is 0. The van der Waals surface area contributed by atoms with E-state index in [-0.39, 0.29) is 11.9 Å². The fourth-order valence-electron chi connectivity index (χ4n) is 3.58. The molecule has 2 rings (SSSR count). The summed E-state index contributed by atoms with van der Waals surface area (Å²) in [5, 5.41) is 12.9. The van der Waals surface area contributed by atoms with E-state index in [1.54, 1.807) is 4.90 Å². The van der Waals surface area contributed by atoms with E-state index >= 15 is 0 Å². The normalized spacial score (nSPS) is 30.4. The highest BCUT2D eigenvalue weighted by atomic mass is 16.4. The number of nitrogens with one attached hydrogen (secondary N) is 1. The molecule has 0 aromatic carbocycles. The third kappa shape index (κ3) is 3.32. The molecule has 5 nitrogen and oxygen atoms in total. The monoisotopic (exact) mass is 282 g/mol. The van der Waals surface area contributed by atoms with E-state index in [1.807, 2.05) is 6.92 Å². The minimum Gasteiger partial charge on any atom is -0.481 e. The van der Waals surface area contributed by atoms with E-state index in [0.29, 0.717) is 32.4 Å². The Morgan fingerprint density at radius 2 is 2.20 bits per heavy atom. The van der Waals surface area contributed by atoms with Crippen LogP contribution < -0.4 is 5.32 Å². The molecule has 0 aromatic heterocycles. The van der Waals surface area contributed by atoms with Crippen LogP contribution in [0.3, 0.4) is 0 Å². The molecular formula is C15H26N2O3. The molecule has 20 heavy (non-hydrogen) atoms. The highest BCUT2D eigenvalue weighted by molar-refractivity contribution is 5.80. The van der Waals surface area contributed by atoms with E-state index in [1.165, 1.54) is 0 Å². The molecule has 2 saturated heterocycles. The summed E-state index contributed by atoms with van der Waals surface area (Å²) in [5.41, 5.74) is -0.717. The Morgan fingerprint density at radius 3 is 2.80 bits per heavy atom. The predicted octanol–water partition coefficient (Wildman–Crippen LogP) is 1.62. The molecule has 0 aliphatic carbocycles. The molecule has 2 atom stereocenters. The van der Waals surface area contributed by atoms with Crippen LogP contribution in [-0.2, 0) is 9.59 Å². The minimum atomic E-state index is -0.740. The summed E-state index contributed by atoms with van der Waals surface area (Å²) in [7, 11) is 0. The highest BCUT2D eigenvalue weighted by Gasteiger charge is 2.42. The van der Waals surface area contributed by atoms with E-state index < -0.39 is 11.4 Å². The average Bonchev–Trinajstić information content (AvgIpc) is 2.92. The molecule has 2 heterocycles. The zero-order chi connectivity index (χ0) is 14.6. The van der Waals surface area contributed by atoms with Crippen LogP contribution >= 0.6 is 0 Å². The molecule has 5 heteroatoms. The zero-order valence-corrected chi connectivity index (χ0v) is 12.4. The van der Waals surface area contributed by atoms with Crippen LogP contribution in [0.1, 0.15) is 51.9 Å². The number of carboxylic acid groups (broad SMARTS) is 1. The Labute approximate surface area is 120 Å². The molecule has 114 valence electrons. The van der Waals surface area contributed by atoms with Crippen molar-refractivity contribution in [2.75, 3.05) is 19.6 Å². The van der Waals surface area contributed by atoms with Crippen LogP contribution in [0.15, 0.2) is 0 Å². The van der Waals surface area contributed by atoms with Gasteiger partial charge in [0.25, 0.3) is 0 Å². The number of nitrogens with zero attached hydrogens (tertiary/aromatic N) is 1. The lowest BCUT2D eigenvalue weighted by Gasteiger charge is -2.40. The van der Waals surface area contributed by atoms with Gasteiger partial charge in [-0.2, -0.15) is 0 Å². The van der Waals surface area contributed by atoms with Crippen molar-refractivity contribution in [2.24, 2.45) is 5.41 Å². The van der Waals surface area contributed by atoms with Gasteiger partial charge >= 0.3 is 5.97 Å². The lowest BCUT2D eigenvalue weighted by Crippen LogP contribution is -2.50. The number of piperidine rings is 1. The van der Waals surface area contributed by atoms with Crippen LogP contribution in [0.5, 0.6) is 0 Å². The Hall–Kier alpha value is -1.10. The van der Waals surface area contributed by atoms with Gasteiger partial charge in [-0.1, -0.05) is 13.3 Å². The second-order valence-electron chi connectivity index (χ2n) is 6.25. The number of hydrogen-bond acceptors (Lipinski definition) is 3. The number of rotatable bonds is 5. The van der Waals surface area contributed by atoms with E-state index in [4.69, 9.17) is 0 Å². The number of carbonyl (C=O) groups excluding carboxylic acids is 1. The van der Waals surface area contributed by atoms with Crippen LogP contribution in [0.2, 0.25) is 0 Å². The fourth-order valence-corrected chi connectivity index (χ4v) is 3.58. The summed E-state index contributed by atoms with van der Waals surface area (Å²) in [4.78, 5) is 25.8. The minimum absolute atomic E-state index is 0.117. The van der Waals surface area contributed by atoms with Gasteiger partial charge in [-0.05, 0) is 38.6 Å². The molecule has 1 amide bonds. The Bertz CT molecular complexity index is 362. The third-order valence-electron chi connectivity index (χ3n) is 4.70. The first kappa shape index (κ1) is 15.3. The van der Waals surface area contributed by atoms with Gasteiger partial charge < -0.3 is 15.3 Å². The summed E-state index contributed by atoms with van der Waals surface area (Å²) in [6.45, 7) is 4.10. The first-order valence-corrected chi connectivity index (χ1v) is 7.82. The molecule has 2 aliphatic heterocycles. The molecule has 0 saturated carbocycles. The first-order valence-electron chi connectivity index (χ1n) is 7.82. The lowest BCUT2D eigenvalue weighted by atomic mass is 9.76. The maximum Gasteiger partial charge on any atom is 0.311 e. The van der Waals surface area contributed by atoms with E-state index in [9.17, 15) is 14.7 Å². The first-order chi connectivity index (χ1) is 9.57. The smallest absolute Gasteiger partial charge is 0.311 e. The van der Waals surface area contributed by atoms with Crippen molar-refractivity contribution >= 4 is 11.9 Å².